The van der Waals surface area contributed by atoms with E-state index in [1.54, 1.807) is 29.9 Å². The Balaban J connectivity index is 1.14. The zero-order valence-electron chi connectivity index (χ0n) is 19.6. The SMILES string of the molecule is COc1ccc(N2CCN(CCNC(=O)c3ccc4c(=O)n5c(nc4c3)CCCC5)CC2)cc1. The Morgan fingerprint density at radius 3 is 2.59 bits per heavy atom. The van der Waals surface area contributed by atoms with Crippen LogP contribution in [0, 0.1) is 0 Å². The minimum atomic E-state index is -0.126. The average molecular weight is 462 g/mol. The van der Waals surface area contributed by atoms with Crippen LogP contribution < -0.4 is 20.5 Å². The van der Waals surface area contributed by atoms with E-state index in [0.717, 1.165) is 70.1 Å². The molecule has 0 radical (unpaired) electrons. The number of rotatable bonds is 6. The smallest absolute Gasteiger partial charge is 0.261 e. The number of nitrogens with zero attached hydrogens (tertiary/aromatic N) is 4. The summed E-state index contributed by atoms with van der Waals surface area (Å²) in [6.45, 7) is 5.94. The first-order valence-electron chi connectivity index (χ1n) is 12.1. The van der Waals surface area contributed by atoms with Gasteiger partial charge in [0.25, 0.3) is 11.5 Å². The zero-order chi connectivity index (χ0) is 23.5. The van der Waals surface area contributed by atoms with Gasteiger partial charge < -0.3 is 15.0 Å². The summed E-state index contributed by atoms with van der Waals surface area (Å²) in [7, 11) is 1.68. The summed E-state index contributed by atoms with van der Waals surface area (Å²) in [4.78, 5) is 34.9. The molecule has 8 nitrogen and oxygen atoms in total. The van der Waals surface area contributed by atoms with Gasteiger partial charge in [0.1, 0.15) is 11.6 Å². The second-order valence-electron chi connectivity index (χ2n) is 8.96. The predicted molar refractivity (Wildman–Crippen MR) is 133 cm³/mol. The van der Waals surface area contributed by atoms with Crippen molar-refractivity contribution in [2.75, 3.05) is 51.3 Å². The number of methoxy groups -OCH3 is 1. The predicted octanol–water partition coefficient (Wildman–Crippen LogP) is 2.29. The Hall–Kier alpha value is -3.39. The van der Waals surface area contributed by atoms with Crippen LogP contribution in [0.15, 0.2) is 47.3 Å². The topological polar surface area (TPSA) is 79.7 Å². The Kier molecular flexibility index (Phi) is 6.49. The number of carbonyl (C=O) groups excluding carboxylic acids is 1. The largest absolute Gasteiger partial charge is 0.497 e. The minimum Gasteiger partial charge on any atom is -0.497 e. The maximum absolute atomic E-state index is 12.8. The molecule has 0 bridgehead atoms. The van der Waals surface area contributed by atoms with Crippen molar-refractivity contribution in [1.82, 2.24) is 19.8 Å². The molecule has 1 saturated heterocycles. The van der Waals surface area contributed by atoms with Gasteiger partial charge in [-0.1, -0.05) is 0 Å². The maximum Gasteiger partial charge on any atom is 0.261 e. The second kappa shape index (κ2) is 9.85. The highest BCUT2D eigenvalue weighted by Crippen LogP contribution is 2.20. The minimum absolute atomic E-state index is 0.000408. The molecule has 1 fully saturated rings. The number of hydrogen-bond donors (Lipinski definition) is 1. The van der Waals surface area contributed by atoms with Crippen molar-refractivity contribution < 1.29 is 9.53 Å². The van der Waals surface area contributed by atoms with Crippen molar-refractivity contribution in [1.29, 1.82) is 0 Å². The van der Waals surface area contributed by atoms with Crippen LogP contribution in [0.2, 0.25) is 0 Å². The number of nitrogens with one attached hydrogen (secondary N) is 1. The van der Waals surface area contributed by atoms with Crippen molar-refractivity contribution in [2.45, 2.75) is 25.8 Å². The van der Waals surface area contributed by atoms with E-state index in [1.807, 2.05) is 12.1 Å². The maximum atomic E-state index is 12.8. The Labute approximate surface area is 199 Å². The van der Waals surface area contributed by atoms with Crippen molar-refractivity contribution in [2.24, 2.45) is 0 Å². The lowest BCUT2D eigenvalue weighted by molar-refractivity contribution is 0.0948. The number of aryl methyl sites for hydroxylation is 1. The lowest BCUT2D eigenvalue weighted by Crippen LogP contribution is -2.48. The first kappa shape index (κ1) is 22.4. The number of amides is 1. The number of aromatic nitrogens is 2. The van der Waals surface area contributed by atoms with E-state index in [-0.39, 0.29) is 11.5 Å². The molecule has 1 N–H and O–H groups in total. The molecule has 0 saturated carbocycles. The molecule has 0 atom stereocenters. The van der Waals surface area contributed by atoms with E-state index >= 15 is 0 Å². The summed E-state index contributed by atoms with van der Waals surface area (Å²) in [5.41, 5.74) is 2.37. The number of anilines is 1. The Morgan fingerprint density at radius 2 is 1.82 bits per heavy atom. The van der Waals surface area contributed by atoms with Gasteiger partial charge in [-0.3, -0.25) is 19.1 Å². The number of fused-ring (bicyclic) bond motifs is 2. The highest BCUT2D eigenvalue weighted by atomic mass is 16.5. The number of benzene rings is 2. The van der Waals surface area contributed by atoms with Crippen LogP contribution >= 0.6 is 0 Å². The van der Waals surface area contributed by atoms with E-state index in [4.69, 9.17) is 4.74 Å². The molecular weight excluding hydrogens is 430 g/mol. The summed E-state index contributed by atoms with van der Waals surface area (Å²) in [6.07, 6.45) is 2.87. The third-order valence-corrected chi connectivity index (χ3v) is 6.85. The number of ether oxygens (including phenoxy) is 1. The van der Waals surface area contributed by atoms with Crippen LogP contribution in [0.5, 0.6) is 5.75 Å². The monoisotopic (exact) mass is 461 g/mol. The Bertz CT molecular complexity index is 1230. The first-order valence-corrected chi connectivity index (χ1v) is 12.1. The molecule has 34 heavy (non-hydrogen) atoms. The van der Waals surface area contributed by atoms with Gasteiger partial charge in [0, 0.05) is 63.5 Å². The summed E-state index contributed by atoms with van der Waals surface area (Å²) in [6, 6.07) is 13.4. The van der Waals surface area contributed by atoms with Gasteiger partial charge in [0.15, 0.2) is 0 Å². The van der Waals surface area contributed by atoms with E-state index in [1.165, 1.54) is 5.69 Å². The molecular formula is C26H31N5O3. The van der Waals surface area contributed by atoms with Crippen molar-refractivity contribution in [3.63, 3.8) is 0 Å². The number of hydrogen-bond acceptors (Lipinski definition) is 6. The molecule has 3 aromatic rings. The highest BCUT2D eigenvalue weighted by molar-refractivity contribution is 5.97. The van der Waals surface area contributed by atoms with Gasteiger partial charge in [-0.25, -0.2) is 4.98 Å². The molecule has 1 amide bonds. The molecule has 2 aromatic carbocycles. The molecule has 0 unspecified atom stereocenters. The van der Waals surface area contributed by atoms with E-state index < -0.39 is 0 Å². The summed E-state index contributed by atoms with van der Waals surface area (Å²) >= 11 is 0. The van der Waals surface area contributed by atoms with Crippen molar-refractivity contribution in [3.05, 3.63) is 64.2 Å². The zero-order valence-corrected chi connectivity index (χ0v) is 19.6. The third-order valence-electron chi connectivity index (χ3n) is 6.85. The molecule has 8 heteroatoms. The molecule has 0 aliphatic carbocycles. The van der Waals surface area contributed by atoms with Crippen LogP contribution in [0.25, 0.3) is 10.9 Å². The number of carbonyl (C=O) groups is 1. The van der Waals surface area contributed by atoms with Crippen LogP contribution in [-0.2, 0) is 13.0 Å². The second-order valence-corrected chi connectivity index (χ2v) is 8.96. The molecule has 1 aromatic heterocycles. The number of piperazine rings is 1. The van der Waals surface area contributed by atoms with Crippen LogP contribution in [0.3, 0.4) is 0 Å². The standard InChI is InChI=1S/C26H31N5O3/c1-34-21-8-6-20(7-9-21)30-16-14-29(15-17-30)13-11-27-25(32)19-5-10-22-23(18-19)28-24-4-2-3-12-31(24)26(22)33/h5-10,18H,2-4,11-17H2,1H3,(H,27,32). The van der Waals surface area contributed by atoms with Gasteiger partial charge >= 0.3 is 0 Å². The van der Waals surface area contributed by atoms with Crippen molar-refractivity contribution in [3.8, 4) is 5.75 Å². The van der Waals surface area contributed by atoms with Gasteiger partial charge in [0.05, 0.1) is 18.0 Å². The van der Waals surface area contributed by atoms with Crippen LogP contribution in [0.4, 0.5) is 5.69 Å². The Morgan fingerprint density at radius 1 is 1.03 bits per heavy atom. The van der Waals surface area contributed by atoms with Gasteiger partial charge in [-0.05, 0) is 55.3 Å². The normalized spacial score (nSPS) is 16.3. The quantitative estimate of drug-likeness (QED) is 0.607. The van der Waals surface area contributed by atoms with Crippen LogP contribution in [-0.4, -0.2) is 66.7 Å². The van der Waals surface area contributed by atoms with Crippen LogP contribution in [0.1, 0.15) is 29.0 Å². The molecule has 2 aliphatic rings. The fourth-order valence-corrected chi connectivity index (χ4v) is 4.84. The molecule has 0 spiro atoms. The van der Waals surface area contributed by atoms with E-state index in [9.17, 15) is 9.59 Å². The van der Waals surface area contributed by atoms with E-state index in [2.05, 4.69) is 32.2 Å². The highest BCUT2D eigenvalue weighted by Gasteiger charge is 2.18. The molecule has 178 valence electrons. The summed E-state index contributed by atoms with van der Waals surface area (Å²) in [5, 5.41) is 3.60. The lowest BCUT2D eigenvalue weighted by atomic mass is 10.1. The molecule has 2 aliphatic heterocycles. The molecule has 5 rings (SSSR count). The summed E-state index contributed by atoms with van der Waals surface area (Å²) < 4.78 is 7.02. The van der Waals surface area contributed by atoms with Gasteiger partial charge in [0.2, 0.25) is 0 Å². The lowest BCUT2D eigenvalue weighted by Gasteiger charge is -2.36. The summed E-state index contributed by atoms with van der Waals surface area (Å²) in [5.74, 6) is 1.57. The van der Waals surface area contributed by atoms with Gasteiger partial charge in [-0.2, -0.15) is 0 Å². The first-order chi connectivity index (χ1) is 16.6. The van der Waals surface area contributed by atoms with E-state index in [0.29, 0.717) is 23.0 Å². The molecule has 3 heterocycles. The van der Waals surface area contributed by atoms with Crippen molar-refractivity contribution >= 4 is 22.5 Å². The average Bonchev–Trinajstić information content (AvgIpc) is 2.89. The van der Waals surface area contributed by atoms with Gasteiger partial charge in [-0.15, -0.1) is 0 Å². The fourth-order valence-electron chi connectivity index (χ4n) is 4.84. The fraction of sp³-hybridized carbons (Fsp3) is 0.423. The third kappa shape index (κ3) is 4.63.